The summed E-state index contributed by atoms with van der Waals surface area (Å²) in [5.74, 6) is 0.544. The molecule has 0 spiro atoms. The van der Waals surface area contributed by atoms with E-state index in [0.29, 0.717) is 11.6 Å². The van der Waals surface area contributed by atoms with E-state index in [-0.39, 0.29) is 0 Å². The highest BCUT2D eigenvalue weighted by atomic mass is 14.7. The Kier molecular flexibility index (Phi) is 9.10. The molecular formula is C16H22N2. The van der Waals surface area contributed by atoms with Crippen molar-refractivity contribution >= 4 is 12.4 Å². The van der Waals surface area contributed by atoms with Gasteiger partial charge in [0.15, 0.2) is 0 Å². The van der Waals surface area contributed by atoms with Gasteiger partial charge < -0.3 is 0 Å². The largest absolute Gasteiger partial charge is 0.264 e. The second-order valence-electron chi connectivity index (χ2n) is 3.93. The van der Waals surface area contributed by atoms with E-state index in [2.05, 4.69) is 48.8 Å². The number of hydrogen-bond acceptors (Lipinski definition) is 2. The number of rotatable bonds is 8. The van der Waals surface area contributed by atoms with Crippen LogP contribution < -0.4 is 0 Å². The molecule has 2 nitrogen and oxygen atoms in total. The predicted octanol–water partition coefficient (Wildman–Crippen LogP) is 4.50. The highest BCUT2D eigenvalue weighted by Gasteiger charge is 1.90. The van der Waals surface area contributed by atoms with Gasteiger partial charge in [-0.15, -0.1) is 0 Å². The van der Waals surface area contributed by atoms with E-state index >= 15 is 0 Å². The molecule has 0 fully saturated rings. The van der Waals surface area contributed by atoms with Gasteiger partial charge in [-0.1, -0.05) is 44.9 Å². The van der Waals surface area contributed by atoms with E-state index < -0.39 is 0 Å². The normalized spacial score (nSPS) is 13.9. The minimum atomic E-state index is 0.544. The average Bonchev–Trinajstić information content (AvgIpc) is 2.35. The highest BCUT2D eigenvalue weighted by molar-refractivity contribution is 6.03. The molecule has 0 rings (SSSR count). The van der Waals surface area contributed by atoms with E-state index in [1.165, 1.54) is 0 Å². The zero-order valence-electron chi connectivity index (χ0n) is 11.3. The predicted molar refractivity (Wildman–Crippen MR) is 83.2 cm³/mol. The van der Waals surface area contributed by atoms with Gasteiger partial charge in [0.25, 0.3) is 0 Å². The molecule has 18 heavy (non-hydrogen) atoms. The standard InChI is InChI=1S/C16H22N2/c1-6-9-14(3)10-8-11-17-12-15(4)13-18-16(5)7-2/h6-9,11-14H,2,4-5,10H2,1,3H3/b9-6-,11-8-,17-12-,18-13-. The first-order chi connectivity index (χ1) is 8.60. The molecule has 0 saturated heterocycles. The lowest BCUT2D eigenvalue weighted by Crippen LogP contribution is -1.85. The van der Waals surface area contributed by atoms with Crippen molar-refractivity contribution in [3.05, 3.63) is 61.5 Å². The number of nitrogens with zero attached hydrogens (tertiary/aromatic N) is 2. The molecule has 0 aliphatic heterocycles. The van der Waals surface area contributed by atoms with Crippen LogP contribution >= 0.6 is 0 Å². The molecule has 0 saturated carbocycles. The first-order valence-electron chi connectivity index (χ1n) is 5.95. The van der Waals surface area contributed by atoms with E-state index in [1.807, 2.05) is 13.0 Å². The minimum absolute atomic E-state index is 0.544. The Bertz CT molecular complexity index is 395. The maximum Gasteiger partial charge on any atom is 0.0552 e. The van der Waals surface area contributed by atoms with Crippen LogP contribution in [-0.4, -0.2) is 12.4 Å². The molecule has 0 aromatic rings. The van der Waals surface area contributed by atoms with Crippen molar-refractivity contribution in [3.63, 3.8) is 0 Å². The third kappa shape index (κ3) is 9.28. The summed E-state index contributed by atoms with van der Waals surface area (Å²) in [7, 11) is 0. The first-order valence-corrected chi connectivity index (χ1v) is 5.95. The lowest BCUT2D eigenvalue weighted by atomic mass is 10.1. The van der Waals surface area contributed by atoms with Gasteiger partial charge >= 0.3 is 0 Å². The minimum Gasteiger partial charge on any atom is -0.264 e. The molecular weight excluding hydrogens is 220 g/mol. The van der Waals surface area contributed by atoms with Crippen LogP contribution in [0.1, 0.15) is 20.3 Å². The van der Waals surface area contributed by atoms with Gasteiger partial charge in [0.2, 0.25) is 0 Å². The van der Waals surface area contributed by atoms with Crippen LogP contribution in [0.3, 0.4) is 0 Å². The monoisotopic (exact) mass is 242 g/mol. The zero-order chi connectivity index (χ0) is 13.8. The van der Waals surface area contributed by atoms with Crippen LogP contribution in [0.5, 0.6) is 0 Å². The van der Waals surface area contributed by atoms with Gasteiger partial charge in [-0.05, 0) is 25.3 Å². The molecule has 96 valence electrons. The fourth-order valence-corrected chi connectivity index (χ4v) is 1.13. The smallest absolute Gasteiger partial charge is 0.0552 e. The van der Waals surface area contributed by atoms with Gasteiger partial charge in [0.1, 0.15) is 0 Å². The Labute approximate surface area is 111 Å². The van der Waals surface area contributed by atoms with E-state index in [0.717, 1.165) is 12.0 Å². The summed E-state index contributed by atoms with van der Waals surface area (Å²) in [5.41, 5.74) is 1.34. The maximum atomic E-state index is 4.13. The van der Waals surface area contributed by atoms with Crippen LogP contribution in [0.15, 0.2) is 71.5 Å². The van der Waals surface area contributed by atoms with E-state index in [1.54, 1.807) is 24.7 Å². The Morgan fingerprint density at radius 1 is 1.28 bits per heavy atom. The maximum absolute atomic E-state index is 4.13. The van der Waals surface area contributed by atoms with Gasteiger partial charge in [0, 0.05) is 24.2 Å². The molecule has 0 N–H and O–H groups in total. The Balaban J connectivity index is 4.05. The summed E-state index contributed by atoms with van der Waals surface area (Å²) >= 11 is 0. The summed E-state index contributed by atoms with van der Waals surface area (Å²) in [6, 6.07) is 0. The van der Waals surface area contributed by atoms with Crippen LogP contribution in [0.25, 0.3) is 0 Å². The van der Waals surface area contributed by atoms with Gasteiger partial charge in [-0.25, -0.2) is 0 Å². The molecule has 0 amide bonds. The summed E-state index contributed by atoms with van der Waals surface area (Å²) in [5, 5.41) is 0. The highest BCUT2D eigenvalue weighted by Crippen LogP contribution is 2.04. The second kappa shape index (κ2) is 10.2. The van der Waals surface area contributed by atoms with Crippen LogP contribution in [-0.2, 0) is 0 Å². The number of allylic oxidation sites excluding steroid dienone is 5. The summed E-state index contributed by atoms with van der Waals surface area (Å²) in [4.78, 5) is 8.16. The number of aliphatic imine (C=N–C) groups is 2. The lowest BCUT2D eigenvalue weighted by Gasteiger charge is -1.98. The van der Waals surface area contributed by atoms with Crippen LogP contribution in [0, 0.1) is 5.92 Å². The SMILES string of the molecule is C=CC(=C)/N=C\C(=C)/C=N\C=C/CC(C)/C=C\C. The van der Waals surface area contributed by atoms with Gasteiger partial charge in [-0.2, -0.15) is 0 Å². The molecule has 0 aromatic heterocycles. The topological polar surface area (TPSA) is 24.7 Å². The summed E-state index contributed by atoms with van der Waals surface area (Å²) < 4.78 is 0. The molecule has 0 aliphatic carbocycles. The van der Waals surface area contributed by atoms with Crippen molar-refractivity contribution in [2.24, 2.45) is 15.9 Å². The summed E-state index contributed by atoms with van der Waals surface area (Å²) in [6.45, 7) is 15.2. The molecule has 0 aliphatic rings. The summed E-state index contributed by atoms with van der Waals surface area (Å²) in [6.07, 6.45) is 13.9. The molecule has 1 unspecified atom stereocenters. The third-order valence-corrected chi connectivity index (χ3v) is 2.09. The molecule has 1 atom stereocenters. The van der Waals surface area contributed by atoms with Crippen LogP contribution in [0.4, 0.5) is 0 Å². The van der Waals surface area contributed by atoms with Gasteiger partial charge in [-0.3, -0.25) is 9.98 Å². The van der Waals surface area contributed by atoms with Crippen molar-refractivity contribution in [2.75, 3.05) is 0 Å². The molecule has 2 heteroatoms. The molecule has 0 radical (unpaired) electrons. The van der Waals surface area contributed by atoms with E-state index in [9.17, 15) is 0 Å². The Morgan fingerprint density at radius 3 is 2.61 bits per heavy atom. The van der Waals surface area contributed by atoms with Crippen molar-refractivity contribution in [3.8, 4) is 0 Å². The van der Waals surface area contributed by atoms with Gasteiger partial charge in [0.05, 0.1) is 5.70 Å². The van der Waals surface area contributed by atoms with Crippen molar-refractivity contribution < 1.29 is 0 Å². The molecule has 0 heterocycles. The molecule has 0 aromatic carbocycles. The van der Waals surface area contributed by atoms with E-state index in [4.69, 9.17) is 0 Å². The second-order valence-corrected chi connectivity index (χ2v) is 3.93. The quantitative estimate of drug-likeness (QED) is 0.340. The fourth-order valence-electron chi connectivity index (χ4n) is 1.13. The third-order valence-electron chi connectivity index (χ3n) is 2.09. The zero-order valence-corrected chi connectivity index (χ0v) is 11.3. The first kappa shape index (κ1) is 16.0. The lowest BCUT2D eigenvalue weighted by molar-refractivity contribution is 0.742. The molecule has 0 bridgehead atoms. The van der Waals surface area contributed by atoms with Crippen molar-refractivity contribution in [1.29, 1.82) is 0 Å². The van der Waals surface area contributed by atoms with Crippen LogP contribution in [0.2, 0.25) is 0 Å². The van der Waals surface area contributed by atoms with Crippen molar-refractivity contribution in [1.82, 2.24) is 0 Å². The Hall–Kier alpha value is -1.96. The fraction of sp³-hybridized carbons (Fsp3) is 0.250. The number of hydrogen-bond donors (Lipinski definition) is 0. The Morgan fingerprint density at radius 2 is 2.00 bits per heavy atom. The average molecular weight is 242 g/mol. The van der Waals surface area contributed by atoms with Crippen molar-refractivity contribution in [2.45, 2.75) is 20.3 Å².